The fourth-order valence-electron chi connectivity index (χ4n) is 1.53. The molecule has 1 aromatic rings. The molecule has 1 aromatic heterocycles. The molecule has 5 heteroatoms. The molecule has 0 radical (unpaired) electrons. The van der Waals surface area contributed by atoms with Gasteiger partial charge in [-0.3, -0.25) is 4.79 Å². The van der Waals surface area contributed by atoms with Crippen LogP contribution in [-0.4, -0.2) is 24.2 Å². The lowest BCUT2D eigenvalue weighted by Crippen LogP contribution is -2.18. The molecule has 17 heavy (non-hydrogen) atoms. The first-order valence-electron chi connectivity index (χ1n) is 5.85. The maximum Gasteiger partial charge on any atom is 0.303 e. The summed E-state index contributed by atoms with van der Waals surface area (Å²) < 4.78 is 1.18. The van der Waals surface area contributed by atoms with Crippen LogP contribution in [0.3, 0.4) is 0 Å². The van der Waals surface area contributed by atoms with Gasteiger partial charge in [-0.15, -0.1) is 11.3 Å². The van der Waals surface area contributed by atoms with Crippen LogP contribution in [0.25, 0.3) is 0 Å². The molecule has 96 valence electrons. The highest BCUT2D eigenvalue weighted by atomic mass is 79.9. The van der Waals surface area contributed by atoms with Crippen molar-refractivity contribution in [2.45, 2.75) is 32.1 Å². The second kappa shape index (κ2) is 8.66. The Balaban J connectivity index is 1.89. The number of unbranched alkanes of at least 4 members (excludes halogenated alkanes) is 2. The summed E-state index contributed by atoms with van der Waals surface area (Å²) in [5.41, 5.74) is 0. The van der Waals surface area contributed by atoms with Crippen molar-refractivity contribution in [1.29, 1.82) is 0 Å². The number of aliphatic carboxylic acids is 1. The van der Waals surface area contributed by atoms with Gasteiger partial charge in [0, 0.05) is 11.3 Å². The molecular weight excluding hydrogens is 302 g/mol. The third-order valence-corrected chi connectivity index (χ3v) is 4.10. The van der Waals surface area contributed by atoms with Crippen LogP contribution < -0.4 is 5.32 Å². The molecule has 0 aromatic carbocycles. The lowest BCUT2D eigenvalue weighted by atomic mass is 10.2. The number of carbonyl (C=O) groups is 1. The topological polar surface area (TPSA) is 49.3 Å². The molecule has 0 amide bonds. The fourth-order valence-corrected chi connectivity index (χ4v) is 3.01. The Morgan fingerprint density at radius 1 is 1.29 bits per heavy atom. The van der Waals surface area contributed by atoms with Gasteiger partial charge in [-0.1, -0.05) is 6.42 Å². The number of carboxylic acid groups (broad SMARTS) is 1. The van der Waals surface area contributed by atoms with Crippen molar-refractivity contribution in [3.05, 3.63) is 20.8 Å². The van der Waals surface area contributed by atoms with Gasteiger partial charge in [-0.25, -0.2) is 0 Å². The summed E-state index contributed by atoms with van der Waals surface area (Å²) >= 11 is 5.22. The van der Waals surface area contributed by atoms with E-state index in [0.29, 0.717) is 6.42 Å². The van der Waals surface area contributed by atoms with Gasteiger partial charge in [-0.2, -0.15) is 0 Å². The lowest BCUT2D eigenvalue weighted by Gasteiger charge is -2.03. The Labute approximate surface area is 114 Å². The van der Waals surface area contributed by atoms with Gasteiger partial charge < -0.3 is 10.4 Å². The number of carboxylic acids is 1. The standard InChI is InChI=1S/C12H18BrNO2S/c13-11-6-5-10(17-11)7-9-14-8-3-1-2-4-12(15)16/h5-6,14H,1-4,7-9H2,(H,15,16). The maximum absolute atomic E-state index is 10.3. The first-order valence-corrected chi connectivity index (χ1v) is 7.46. The highest BCUT2D eigenvalue weighted by Gasteiger charge is 1.98. The molecule has 3 nitrogen and oxygen atoms in total. The van der Waals surface area contributed by atoms with Crippen LogP contribution in [0.2, 0.25) is 0 Å². The molecule has 0 aliphatic carbocycles. The van der Waals surface area contributed by atoms with Gasteiger partial charge >= 0.3 is 5.97 Å². The van der Waals surface area contributed by atoms with E-state index in [2.05, 4.69) is 33.4 Å². The molecule has 0 atom stereocenters. The number of rotatable bonds is 9. The van der Waals surface area contributed by atoms with Crippen molar-refractivity contribution in [2.24, 2.45) is 0 Å². The van der Waals surface area contributed by atoms with Crippen molar-refractivity contribution < 1.29 is 9.90 Å². The van der Waals surface area contributed by atoms with Crippen LogP contribution >= 0.6 is 27.3 Å². The van der Waals surface area contributed by atoms with Gasteiger partial charge in [-0.05, 0) is 60.4 Å². The van der Waals surface area contributed by atoms with Crippen LogP contribution in [0.4, 0.5) is 0 Å². The average Bonchev–Trinajstić information content (AvgIpc) is 2.68. The highest BCUT2D eigenvalue weighted by Crippen LogP contribution is 2.21. The first-order chi connectivity index (χ1) is 8.18. The van der Waals surface area contributed by atoms with E-state index in [1.54, 1.807) is 11.3 Å². The molecule has 0 saturated carbocycles. The van der Waals surface area contributed by atoms with E-state index in [1.807, 2.05) is 0 Å². The summed E-state index contributed by atoms with van der Waals surface area (Å²) in [5.74, 6) is -0.693. The van der Waals surface area contributed by atoms with Gasteiger partial charge in [0.25, 0.3) is 0 Å². The number of hydrogen-bond donors (Lipinski definition) is 2. The predicted octanol–water partition coefficient (Wildman–Crippen LogP) is 3.29. The van der Waals surface area contributed by atoms with Crippen LogP contribution in [0.1, 0.15) is 30.6 Å². The van der Waals surface area contributed by atoms with Crippen LogP contribution in [0, 0.1) is 0 Å². The van der Waals surface area contributed by atoms with E-state index < -0.39 is 5.97 Å². The fraction of sp³-hybridized carbons (Fsp3) is 0.583. The van der Waals surface area contributed by atoms with E-state index >= 15 is 0 Å². The van der Waals surface area contributed by atoms with E-state index in [4.69, 9.17) is 5.11 Å². The van der Waals surface area contributed by atoms with E-state index in [9.17, 15) is 4.79 Å². The minimum atomic E-state index is -0.693. The third-order valence-electron chi connectivity index (χ3n) is 2.42. The smallest absolute Gasteiger partial charge is 0.303 e. The molecule has 0 spiro atoms. The Hall–Kier alpha value is -0.390. The quantitative estimate of drug-likeness (QED) is 0.687. The van der Waals surface area contributed by atoms with Crippen molar-refractivity contribution in [3.63, 3.8) is 0 Å². The van der Waals surface area contributed by atoms with Crippen LogP contribution in [0.5, 0.6) is 0 Å². The van der Waals surface area contributed by atoms with Gasteiger partial charge in [0.2, 0.25) is 0 Å². The molecule has 1 heterocycles. The van der Waals surface area contributed by atoms with Crippen molar-refractivity contribution in [1.82, 2.24) is 5.32 Å². The number of halogens is 1. The van der Waals surface area contributed by atoms with E-state index in [-0.39, 0.29) is 0 Å². The molecule has 1 rings (SSSR count). The van der Waals surface area contributed by atoms with Crippen LogP contribution in [0.15, 0.2) is 15.9 Å². The van der Waals surface area contributed by atoms with E-state index in [0.717, 1.165) is 38.8 Å². The van der Waals surface area contributed by atoms with Crippen LogP contribution in [-0.2, 0) is 11.2 Å². The molecule has 0 aliphatic heterocycles. The minimum Gasteiger partial charge on any atom is -0.481 e. The normalized spacial score (nSPS) is 10.6. The minimum absolute atomic E-state index is 0.295. The maximum atomic E-state index is 10.3. The Morgan fingerprint density at radius 2 is 2.12 bits per heavy atom. The molecule has 0 fully saturated rings. The molecule has 0 bridgehead atoms. The Bertz CT molecular complexity index is 341. The van der Waals surface area contributed by atoms with Gasteiger partial charge in [0.05, 0.1) is 3.79 Å². The molecule has 0 unspecified atom stereocenters. The lowest BCUT2D eigenvalue weighted by molar-refractivity contribution is -0.137. The van der Waals surface area contributed by atoms with Crippen molar-refractivity contribution >= 4 is 33.2 Å². The SMILES string of the molecule is O=C(O)CCCCCNCCc1ccc(Br)s1. The zero-order valence-electron chi connectivity index (χ0n) is 9.75. The van der Waals surface area contributed by atoms with E-state index in [1.165, 1.54) is 8.66 Å². The van der Waals surface area contributed by atoms with Crippen molar-refractivity contribution in [3.8, 4) is 0 Å². The second-order valence-corrected chi connectivity index (χ2v) is 6.46. The predicted molar refractivity (Wildman–Crippen MR) is 74.7 cm³/mol. The first kappa shape index (κ1) is 14.7. The summed E-state index contributed by atoms with van der Waals surface area (Å²) in [4.78, 5) is 11.7. The van der Waals surface area contributed by atoms with Crippen molar-refractivity contribution in [2.75, 3.05) is 13.1 Å². The van der Waals surface area contributed by atoms with Gasteiger partial charge in [0.15, 0.2) is 0 Å². The third kappa shape index (κ3) is 7.52. The summed E-state index contributed by atoms with van der Waals surface area (Å²) in [6.45, 7) is 1.97. The summed E-state index contributed by atoms with van der Waals surface area (Å²) in [6.07, 6.45) is 4.19. The number of thiophene rings is 1. The Kier molecular flexibility index (Phi) is 7.48. The molecule has 0 saturated heterocycles. The number of nitrogens with one attached hydrogen (secondary N) is 1. The second-order valence-electron chi connectivity index (χ2n) is 3.91. The summed E-state index contributed by atoms with van der Waals surface area (Å²) in [6, 6.07) is 4.22. The monoisotopic (exact) mass is 319 g/mol. The molecular formula is C12H18BrNO2S. The zero-order chi connectivity index (χ0) is 12.5. The van der Waals surface area contributed by atoms with Gasteiger partial charge in [0.1, 0.15) is 0 Å². The number of hydrogen-bond acceptors (Lipinski definition) is 3. The summed E-state index contributed by atoms with van der Waals surface area (Å²) in [5, 5.41) is 11.8. The highest BCUT2D eigenvalue weighted by molar-refractivity contribution is 9.11. The molecule has 2 N–H and O–H groups in total. The largest absolute Gasteiger partial charge is 0.481 e. The summed E-state index contributed by atoms with van der Waals surface area (Å²) in [7, 11) is 0. The molecule has 0 aliphatic rings. The zero-order valence-corrected chi connectivity index (χ0v) is 12.1. The Morgan fingerprint density at radius 3 is 2.76 bits per heavy atom. The average molecular weight is 320 g/mol.